The fraction of sp³-hybridized carbons (Fsp3) is 0.429. The Bertz CT molecular complexity index is 314. The highest BCUT2D eigenvalue weighted by Gasteiger charge is 1.95. The Morgan fingerprint density at radius 2 is 1.94 bits per heavy atom. The van der Waals surface area contributed by atoms with Crippen LogP contribution in [0.3, 0.4) is 0 Å². The van der Waals surface area contributed by atoms with Crippen LogP contribution in [-0.4, -0.2) is 12.6 Å². The summed E-state index contributed by atoms with van der Waals surface area (Å²) in [6, 6.07) is 8.14. The summed E-state index contributed by atoms with van der Waals surface area (Å²) in [4.78, 5) is 0. The molecule has 88 valence electrons. The summed E-state index contributed by atoms with van der Waals surface area (Å²) < 4.78 is 5.57. The zero-order valence-electron chi connectivity index (χ0n) is 10.1. The average Bonchev–Trinajstić information content (AvgIpc) is 2.26. The van der Waals surface area contributed by atoms with Crippen molar-refractivity contribution in [3.05, 3.63) is 35.9 Å². The van der Waals surface area contributed by atoms with Crippen LogP contribution < -0.4 is 10.5 Å². The molecule has 0 saturated carbocycles. The van der Waals surface area contributed by atoms with E-state index in [9.17, 15) is 0 Å². The van der Waals surface area contributed by atoms with Crippen molar-refractivity contribution in [2.75, 3.05) is 6.54 Å². The van der Waals surface area contributed by atoms with Crippen LogP contribution in [-0.2, 0) is 0 Å². The predicted molar refractivity (Wildman–Crippen MR) is 69.5 cm³/mol. The number of allylic oxidation sites excluding steroid dienone is 1. The fourth-order valence-electron chi connectivity index (χ4n) is 1.38. The van der Waals surface area contributed by atoms with Gasteiger partial charge in [0.1, 0.15) is 5.75 Å². The molecule has 0 atom stereocenters. The second-order valence-electron chi connectivity index (χ2n) is 4.07. The fourth-order valence-corrected chi connectivity index (χ4v) is 1.38. The molecule has 0 aliphatic carbocycles. The summed E-state index contributed by atoms with van der Waals surface area (Å²) in [5, 5.41) is 0. The van der Waals surface area contributed by atoms with Gasteiger partial charge in [0.05, 0.1) is 6.10 Å². The number of hydrogen-bond donors (Lipinski definition) is 1. The first-order valence-corrected chi connectivity index (χ1v) is 5.85. The molecule has 0 unspecified atom stereocenters. The van der Waals surface area contributed by atoms with E-state index in [0.29, 0.717) is 0 Å². The molecule has 0 saturated heterocycles. The molecule has 1 rings (SSSR count). The Morgan fingerprint density at radius 3 is 2.50 bits per heavy atom. The van der Waals surface area contributed by atoms with Crippen LogP contribution in [0.4, 0.5) is 0 Å². The third kappa shape index (κ3) is 4.99. The number of benzene rings is 1. The van der Waals surface area contributed by atoms with Crippen LogP contribution in [0.5, 0.6) is 5.75 Å². The van der Waals surface area contributed by atoms with Gasteiger partial charge in [-0.05, 0) is 50.9 Å². The van der Waals surface area contributed by atoms with E-state index in [2.05, 4.69) is 24.3 Å². The quantitative estimate of drug-likeness (QED) is 0.745. The molecule has 16 heavy (non-hydrogen) atoms. The summed E-state index contributed by atoms with van der Waals surface area (Å²) in [6.07, 6.45) is 6.59. The zero-order valence-corrected chi connectivity index (χ0v) is 10.1. The molecule has 0 heterocycles. The van der Waals surface area contributed by atoms with Crippen LogP contribution in [0, 0.1) is 0 Å². The van der Waals surface area contributed by atoms with E-state index in [4.69, 9.17) is 10.5 Å². The van der Waals surface area contributed by atoms with Gasteiger partial charge in [-0.15, -0.1) is 0 Å². The smallest absolute Gasteiger partial charge is 0.119 e. The van der Waals surface area contributed by atoms with Gasteiger partial charge in [-0.1, -0.05) is 24.3 Å². The van der Waals surface area contributed by atoms with Gasteiger partial charge >= 0.3 is 0 Å². The van der Waals surface area contributed by atoms with E-state index in [1.165, 1.54) is 5.56 Å². The lowest BCUT2D eigenvalue weighted by molar-refractivity contribution is 0.242. The minimum atomic E-state index is 0.228. The SMILES string of the molecule is CC(C)Oc1ccc(/C=C/CCCN)cc1. The number of ether oxygens (including phenoxy) is 1. The van der Waals surface area contributed by atoms with Crippen LogP contribution >= 0.6 is 0 Å². The van der Waals surface area contributed by atoms with Crippen molar-refractivity contribution in [1.29, 1.82) is 0 Å². The number of nitrogens with two attached hydrogens (primary N) is 1. The lowest BCUT2D eigenvalue weighted by Gasteiger charge is -2.09. The molecule has 0 aliphatic rings. The first-order valence-electron chi connectivity index (χ1n) is 5.85. The molecule has 0 aromatic heterocycles. The van der Waals surface area contributed by atoms with Crippen molar-refractivity contribution in [2.24, 2.45) is 5.73 Å². The lowest BCUT2D eigenvalue weighted by Crippen LogP contribution is -2.05. The number of rotatable bonds is 6. The summed E-state index contributed by atoms with van der Waals surface area (Å²) in [5.41, 5.74) is 6.63. The van der Waals surface area contributed by atoms with Crippen molar-refractivity contribution in [3.63, 3.8) is 0 Å². The molecule has 0 spiro atoms. The van der Waals surface area contributed by atoms with Gasteiger partial charge in [-0.3, -0.25) is 0 Å². The molecule has 2 heteroatoms. The number of hydrogen-bond acceptors (Lipinski definition) is 2. The standard InChI is InChI=1S/C14H21NO/c1-12(2)16-14-9-7-13(8-10-14)6-4-3-5-11-15/h4,6-10,12H,3,5,11,15H2,1-2H3/b6-4+. The van der Waals surface area contributed by atoms with Crippen LogP contribution in [0.25, 0.3) is 6.08 Å². The Morgan fingerprint density at radius 1 is 1.25 bits per heavy atom. The Hall–Kier alpha value is -1.28. The highest BCUT2D eigenvalue weighted by Crippen LogP contribution is 2.14. The monoisotopic (exact) mass is 219 g/mol. The van der Waals surface area contributed by atoms with Crippen LogP contribution in [0.2, 0.25) is 0 Å². The Balaban J connectivity index is 2.47. The van der Waals surface area contributed by atoms with E-state index >= 15 is 0 Å². The van der Waals surface area contributed by atoms with E-state index in [0.717, 1.165) is 25.1 Å². The molecule has 0 radical (unpaired) electrons. The summed E-state index contributed by atoms with van der Waals surface area (Å²) >= 11 is 0. The molecule has 0 fully saturated rings. The van der Waals surface area contributed by atoms with Gasteiger partial charge < -0.3 is 10.5 Å². The molecule has 2 nitrogen and oxygen atoms in total. The predicted octanol–water partition coefficient (Wildman–Crippen LogP) is 3.23. The molecule has 0 amide bonds. The van der Waals surface area contributed by atoms with Gasteiger partial charge in [-0.2, -0.15) is 0 Å². The van der Waals surface area contributed by atoms with Gasteiger partial charge in [0, 0.05) is 0 Å². The average molecular weight is 219 g/mol. The topological polar surface area (TPSA) is 35.2 Å². The maximum Gasteiger partial charge on any atom is 0.119 e. The van der Waals surface area contributed by atoms with Gasteiger partial charge in [0.25, 0.3) is 0 Å². The van der Waals surface area contributed by atoms with E-state index in [1.54, 1.807) is 0 Å². The number of unbranched alkanes of at least 4 members (excludes halogenated alkanes) is 1. The van der Waals surface area contributed by atoms with E-state index in [-0.39, 0.29) is 6.10 Å². The Labute approximate surface area is 98.1 Å². The van der Waals surface area contributed by atoms with E-state index < -0.39 is 0 Å². The molecule has 1 aromatic carbocycles. The minimum Gasteiger partial charge on any atom is -0.491 e. The van der Waals surface area contributed by atoms with Gasteiger partial charge in [-0.25, -0.2) is 0 Å². The molecule has 0 bridgehead atoms. The van der Waals surface area contributed by atoms with Crippen molar-refractivity contribution in [2.45, 2.75) is 32.8 Å². The lowest BCUT2D eigenvalue weighted by atomic mass is 10.2. The van der Waals surface area contributed by atoms with Crippen molar-refractivity contribution in [3.8, 4) is 5.75 Å². The third-order valence-electron chi connectivity index (χ3n) is 2.14. The summed E-state index contributed by atoms with van der Waals surface area (Å²) in [7, 11) is 0. The molecule has 1 aromatic rings. The highest BCUT2D eigenvalue weighted by atomic mass is 16.5. The van der Waals surface area contributed by atoms with Gasteiger partial charge in [0.15, 0.2) is 0 Å². The van der Waals surface area contributed by atoms with Crippen molar-refractivity contribution >= 4 is 6.08 Å². The highest BCUT2D eigenvalue weighted by molar-refractivity contribution is 5.50. The first-order chi connectivity index (χ1) is 7.72. The molecule has 0 aliphatic heterocycles. The van der Waals surface area contributed by atoms with Crippen molar-refractivity contribution < 1.29 is 4.74 Å². The Kier molecular flexibility index (Phi) is 5.65. The van der Waals surface area contributed by atoms with Crippen molar-refractivity contribution in [1.82, 2.24) is 0 Å². The summed E-state index contributed by atoms with van der Waals surface area (Å²) in [5.74, 6) is 0.925. The first kappa shape index (κ1) is 12.8. The molecule has 2 N–H and O–H groups in total. The van der Waals surface area contributed by atoms with E-state index in [1.807, 2.05) is 26.0 Å². The third-order valence-corrected chi connectivity index (χ3v) is 2.14. The molecular formula is C14H21NO. The molecular weight excluding hydrogens is 198 g/mol. The second kappa shape index (κ2) is 7.07. The van der Waals surface area contributed by atoms with Crippen LogP contribution in [0.15, 0.2) is 30.3 Å². The maximum atomic E-state index is 5.57. The maximum absolute atomic E-state index is 5.57. The van der Waals surface area contributed by atoms with Gasteiger partial charge in [0.2, 0.25) is 0 Å². The second-order valence-corrected chi connectivity index (χ2v) is 4.07. The minimum absolute atomic E-state index is 0.228. The summed E-state index contributed by atoms with van der Waals surface area (Å²) in [6.45, 7) is 4.81. The largest absolute Gasteiger partial charge is 0.491 e. The van der Waals surface area contributed by atoms with Crippen LogP contribution in [0.1, 0.15) is 32.3 Å². The zero-order chi connectivity index (χ0) is 11.8. The normalized spacial score (nSPS) is 11.2.